The molecule has 6 nitrogen and oxygen atoms in total. The third kappa shape index (κ3) is 5.49. The summed E-state index contributed by atoms with van der Waals surface area (Å²) in [6.45, 7) is 7.91. The lowest BCUT2D eigenvalue weighted by molar-refractivity contribution is -0.0980. The van der Waals surface area contributed by atoms with Crippen molar-refractivity contribution in [3.8, 4) is 0 Å². The molecule has 1 heterocycles. The van der Waals surface area contributed by atoms with Crippen molar-refractivity contribution in [3.05, 3.63) is 59.8 Å². The van der Waals surface area contributed by atoms with Crippen LogP contribution in [-0.4, -0.2) is 29.3 Å². The number of hydrogen-bond donors (Lipinski definition) is 1. The van der Waals surface area contributed by atoms with Crippen LogP contribution in [0.4, 0.5) is 11.4 Å². The van der Waals surface area contributed by atoms with E-state index >= 15 is 0 Å². The van der Waals surface area contributed by atoms with Crippen molar-refractivity contribution in [3.63, 3.8) is 0 Å². The van der Waals surface area contributed by atoms with E-state index in [-0.39, 0.29) is 0 Å². The molecule has 0 aliphatic rings. The van der Waals surface area contributed by atoms with Gasteiger partial charge in [0.25, 0.3) is 5.24 Å². The Labute approximate surface area is 164 Å². The first-order valence-electron chi connectivity index (χ1n) is 8.37. The fraction of sp³-hybridized carbons (Fsp3) is 0.200. The first-order chi connectivity index (χ1) is 13.1. The van der Waals surface area contributed by atoms with Crippen molar-refractivity contribution >= 4 is 45.9 Å². The Morgan fingerprint density at radius 3 is 2.22 bits per heavy atom. The number of nitrogens with one attached hydrogen (secondary N) is 1. The van der Waals surface area contributed by atoms with Crippen molar-refractivity contribution in [1.82, 2.24) is 10.2 Å². The second-order valence-electron chi connectivity index (χ2n) is 5.17. The Hall–Kier alpha value is -2.99. The third-order valence-electron chi connectivity index (χ3n) is 3.60. The number of hydrazine groups is 1. The molecule has 2 aromatic carbocycles. The molecule has 1 N–H and O–H groups in total. The zero-order valence-corrected chi connectivity index (χ0v) is 16.6. The average Bonchev–Trinajstić information content (AvgIpc) is 2.73. The lowest BCUT2D eigenvalue weighted by Gasteiger charge is -2.23. The van der Waals surface area contributed by atoms with E-state index in [0.717, 1.165) is 28.0 Å². The highest BCUT2D eigenvalue weighted by molar-refractivity contribution is 6.67. The number of benzene rings is 2. The number of nitrogens with zero attached hydrogens (tertiary/aromatic N) is 3. The molecule has 0 bridgehead atoms. The molecule has 0 aliphatic carbocycles. The van der Waals surface area contributed by atoms with Crippen LogP contribution >= 0.6 is 11.6 Å². The van der Waals surface area contributed by atoms with Gasteiger partial charge in [-0.1, -0.05) is 32.0 Å². The highest BCUT2D eigenvalue weighted by Crippen LogP contribution is 2.25. The largest absolute Gasteiger partial charge is 0.307 e. The highest BCUT2D eigenvalue weighted by Gasteiger charge is 2.10. The summed E-state index contributed by atoms with van der Waals surface area (Å²) in [6, 6.07) is 14.9. The summed E-state index contributed by atoms with van der Waals surface area (Å²) in [5.41, 5.74) is 7.23. The predicted molar refractivity (Wildman–Crippen MR) is 111 cm³/mol. The number of fused-ring (bicyclic) bond motifs is 1. The van der Waals surface area contributed by atoms with E-state index in [1.54, 1.807) is 12.1 Å². The first-order valence-corrected chi connectivity index (χ1v) is 8.75. The number of rotatable bonds is 4. The lowest BCUT2D eigenvalue weighted by atomic mass is 10.2. The van der Waals surface area contributed by atoms with E-state index in [4.69, 9.17) is 16.4 Å². The van der Waals surface area contributed by atoms with Crippen LogP contribution in [0.25, 0.3) is 10.9 Å². The molecule has 0 atom stereocenters. The van der Waals surface area contributed by atoms with E-state index in [1.807, 2.05) is 76.0 Å². The summed E-state index contributed by atoms with van der Waals surface area (Å²) in [4.78, 5) is 19.1. The van der Waals surface area contributed by atoms with E-state index in [0.29, 0.717) is 5.56 Å². The molecule has 3 rings (SSSR count). The van der Waals surface area contributed by atoms with Gasteiger partial charge in [0.1, 0.15) is 6.79 Å². The van der Waals surface area contributed by atoms with Gasteiger partial charge < -0.3 is 4.79 Å². The first kappa shape index (κ1) is 22.1. The number of hydrogen-bond acceptors (Lipinski definition) is 6. The topological polar surface area (TPSA) is 75.2 Å². The monoisotopic (exact) mass is 386 g/mol. The van der Waals surface area contributed by atoms with Crippen LogP contribution in [0.1, 0.15) is 29.9 Å². The second-order valence-corrected chi connectivity index (χ2v) is 5.51. The van der Waals surface area contributed by atoms with Crippen LogP contribution in [-0.2, 0) is 4.79 Å². The predicted octanol–water partition coefficient (Wildman–Crippen LogP) is 4.62. The number of carbonyl (C=O) groups is 2. The van der Waals surface area contributed by atoms with Crippen molar-refractivity contribution in [2.45, 2.75) is 20.8 Å². The Morgan fingerprint density at radius 1 is 1.04 bits per heavy atom. The maximum atomic E-state index is 11.1. The van der Waals surface area contributed by atoms with E-state index in [2.05, 4.69) is 15.6 Å². The van der Waals surface area contributed by atoms with Crippen LogP contribution in [0, 0.1) is 6.92 Å². The third-order valence-corrected chi connectivity index (χ3v) is 3.82. The summed E-state index contributed by atoms with van der Waals surface area (Å²) >= 11 is 5.47. The van der Waals surface area contributed by atoms with Crippen molar-refractivity contribution in [2.24, 2.45) is 0 Å². The van der Waals surface area contributed by atoms with Crippen LogP contribution in [0.3, 0.4) is 0 Å². The number of carbonyl (C=O) groups excluding carboxylic acids is 2. The van der Waals surface area contributed by atoms with Gasteiger partial charge in [0.15, 0.2) is 0 Å². The van der Waals surface area contributed by atoms with Crippen molar-refractivity contribution < 1.29 is 9.59 Å². The van der Waals surface area contributed by atoms with Gasteiger partial charge in [-0.15, -0.1) is 0 Å². The normalized spacial score (nSPS) is 9.37. The minimum absolute atomic E-state index is 0.465. The van der Waals surface area contributed by atoms with Gasteiger partial charge in [0, 0.05) is 18.0 Å². The molecule has 0 amide bonds. The molecular weight excluding hydrogens is 364 g/mol. The van der Waals surface area contributed by atoms with Crippen molar-refractivity contribution in [2.75, 3.05) is 17.5 Å². The summed E-state index contributed by atoms with van der Waals surface area (Å²) in [7, 11) is 1.90. The number of aryl methyl sites for hydroxylation is 1. The van der Waals surface area contributed by atoms with Crippen molar-refractivity contribution in [1.29, 1.82) is 0 Å². The van der Waals surface area contributed by atoms with Gasteiger partial charge in [-0.3, -0.25) is 15.2 Å². The van der Waals surface area contributed by atoms with Crippen LogP contribution in [0.2, 0.25) is 0 Å². The summed E-state index contributed by atoms with van der Waals surface area (Å²) in [6.07, 6.45) is 0. The summed E-state index contributed by atoms with van der Waals surface area (Å²) in [5, 5.41) is 10.8. The van der Waals surface area contributed by atoms with Gasteiger partial charge in [0.05, 0.1) is 22.6 Å². The summed E-state index contributed by atoms with van der Waals surface area (Å²) < 4.78 is 0. The SMILES string of the molecule is C=O.CC.Cc1nnc2ccccc2c1NN(C)c1ccc(C(=O)Cl)cc1. The Kier molecular flexibility index (Phi) is 8.89. The molecule has 0 saturated heterocycles. The number of anilines is 2. The molecule has 0 spiro atoms. The molecule has 27 heavy (non-hydrogen) atoms. The average molecular weight is 387 g/mol. The lowest BCUT2D eigenvalue weighted by Crippen LogP contribution is -2.25. The van der Waals surface area contributed by atoms with Gasteiger partial charge in [-0.05, 0) is 48.9 Å². The fourth-order valence-electron chi connectivity index (χ4n) is 2.34. The molecule has 3 aromatic rings. The van der Waals surface area contributed by atoms with E-state index in [1.165, 1.54) is 0 Å². The molecule has 7 heteroatoms. The Morgan fingerprint density at radius 2 is 1.63 bits per heavy atom. The zero-order valence-electron chi connectivity index (χ0n) is 15.9. The van der Waals surface area contributed by atoms with E-state index in [9.17, 15) is 4.79 Å². The molecule has 0 unspecified atom stereocenters. The number of aromatic nitrogens is 2. The van der Waals surface area contributed by atoms with Gasteiger partial charge >= 0.3 is 0 Å². The Balaban J connectivity index is 0.000000855. The molecule has 0 saturated carbocycles. The maximum absolute atomic E-state index is 11.1. The summed E-state index contributed by atoms with van der Waals surface area (Å²) in [5.74, 6) is 0. The minimum atomic E-state index is -0.465. The van der Waals surface area contributed by atoms with E-state index < -0.39 is 5.24 Å². The second kappa shape index (κ2) is 10.9. The smallest absolute Gasteiger partial charge is 0.252 e. The minimum Gasteiger partial charge on any atom is -0.307 e. The molecule has 0 aliphatic heterocycles. The standard InChI is InChI=1S/C17H15ClN4O.C2H6.CH2O/c1-11-16(14-5-3-4-6-15(14)20-19-11)21-22(2)13-9-7-12(8-10-13)17(18)23;2*1-2/h3-10H,1-2H3,(H,20,21);1-2H3;1H2. The molecule has 0 radical (unpaired) electrons. The highest BCUT2D eigenvalue weighted by atomic mass is 35.5. The molecule has 0 fully saturated rings. The Bertz CT molecular complexity index is 885. The van der Waals surface area contributed by atoms with Gasteiger partial charge in [0.2, 0.25) is 0 Å². The molecule has 1 aromatic heterocycles. The van der Waals surface area contributed by atoms with Crippen LogP contribution in [0.15, 0.2) is 48.5 Å². The zero-order chi connectivity index (χ0) is 20.4. The van der Waals surface area contributed by atoms with Crippen LogP contribution < -0.4 is 10.4 Å². The maximum Gasteiger partial charge on any atom is 0.252 e. The molecular formula is C20H23ClN4O2. The van der Waals surface area contributed by atoms with Gasteiger partial charge in [-0.2, -0.15) is 10.2 Å². The molecule has 142 valence electrons. The van der Waals surface area contributed by atoms with Gasteiger partial charge in [-0.25, -0.2) is 0 Å². The number of halogens is 1. The van der Waals surface area contributed by atoms with Crippen LogP contribution in [0.5, 0.6) is 0 Å². The fourth-order valence-corrected chi connectivity index (χ4v) is 2.46. The quantitative estimate of drug-likeness (QED) is 0.520.